The molecule has 1 aromatic carbocycles. The van der Waals surface area contributed by atoms with Crippen molar-refractivity contribution in [2.45, 2.75) is 6.18 Å². The van der Waals surface area contributed by atoms with Gasteiger partial charge in [-0.25, -0.2) is 0 Å². The zero-order valence-corrected chi connectivity index (χ0v) is 10.7. The third kappa shape index (κ3) is 3.17. The Bertz CT molecular complexity index is 653. The molecule has 5 heteroatoms. The molecular formula is C15H12F3NO. The molecule has 0 aliphatic carbocycles. The van der Waals surface area contributed by atoms with Crippen molar-refractivity contribution in [3.8, 4) is 0 Å². The van der Waals surface area contributed by atoms with Gasteiger partial charge in [0.15, 0.2) is 0 Å². The van der Waals surface area contributed by atoms with Gasteiger partial charge in [-0.15, -0.1) is 0 Å². The summed E-state index contributed by atoms with van der Waals surface area (Å²) in [4.78, 5) is 11.9. The van der Waals surface area contributed by atoms with E-state index in [1.165, 1.54) is 24.3 Å². The van der Waals surface area contributed by atoms with E-state index in [-0.39, 0.29) is 5.78 Å². The number of rotatable bonds is 3. The Hall–Kier alpha value is -2.30. The molecule has 0 bridgehead atoms. The first-order valence-corrected chi connectivity index (χ1v) is 5.89. The highest BCUT2D eigenvalue weighted by molar-refractivity contribution is 6.05. The van der Waals surface area contributed by atoms with Crippen LogP contribution in [0.3, 0.4) is 0 Å². The van der Waals surface area contributed by atoms with Gasteiger partial charge in [-0.05, 0) is 35.9 Å². The number of ketones is 1. The van der Waals surface area contributed by atoms with E-state index in [0.717, 1.165) is 12.1 Å². The number of aromatic nitrogens is 1. The quantitative estimate of drug-likeness (QED) is 0.616. The summed E-state index contributed by atoms with van der Waals surface area (Å²) in [7, 11) is 1.73. The molecule has 2 nitrogen and oxygen atoms in total. The van der Waals surface area contributed by atoms with Crippen LogP contribution < -0.4 is 0 Å². The number of hydrogen-bond acceptors (Lipinski definition) is 1. The predicted molar refractivity (Wildman–Crippen MR) is 70.2 cm³/mol. The van der Waals surface area contributed by atoms with Crippen LogP contribution in [0.4, 0.5) is 13.2 Å². The summed E-state index contributed by atoms with van der Waals surface area (Å²) >= 11 is 0. The first kappa shape index (κ1) is 14.1. The molecule has 2 rings (SSSR count). The van der Waals surface area contributed by atoms with Gasteiger partial charge in [0.25, 0.3) is 0 Å². The van der Waals surface area contributed by atoms with Crippen LogP contribution in [0.2, 0.25) is 0 Å². The zero-order valence-electron chi connectivity index (χ0n) is 10.7. The Morgan fingerprint density at radius 2 is 1.95 bits per heavy atom. The van der Waals surface area contributed by atoms with Gasteiger partial charge in [0.05, 0.1) is 11.3 Å². The Balaban J connectivity index is 2.20. The normalized spacial score (nSPS) is 12.0. The van der Waals surface area contributed by atoms with E-state index in [1.807, 2.05) is 0 Å². The smallest absolute Gasteiger partial charge is 0.348 e. The maximum atomic E-state index is 12.5. The molecule has 0 spiro atoms. The van der Waals surface area contributed by atoms with Gasteiger partial charge < -0.3 is 4.57 Å². The fourth-order valence-electron chi connectivity index (χ4n) is 1.79. The fourth-order valence-corrected chi connectivity index (χ4v) is 1.79. The summed E-state index contributed by atoms with van der Waals surface area (Å²) in [5.41, 5.74) is 0.0848. The molecule has 0 saturated heterocycles. The largest absolute Gasteiger partial charge is 0.416 e. The highest BCUT2D eigenvalue weighted by Crippen LogP contribution is 2.29. The monoisotopic (exact) mass is 279 g/mol. The van der Waals surface area contributed by atoms with Crippen LogP contribution >= 0.6 is 0 Å². The van der Waals surface area contributed by atoms with Gasteiger partial charge in [0, 0.05) is 13.2 Å². The maximum Gasteiger partial charge on any atom is 0.416 e. The third-order valence-corrected chi connectivity index (χ3v) is 2.84. The van der Waals surface area contributed by atoms with E-state index in [2.05, 4.69) is 0 Å². The molecule has 1 heterocycles. The van der Waals surface area contributed by atoms with Crippen LogP contribution in [0.25, 0.3) is 6.08 Å². The molecule has 20 heavy (non-hydrogen) atoms. The Kier molecular flexibility index (Phi) is 3.79. The minimum Gasteiger partial charge on any atom is -0.348 e. The maximum absolute atomic E-state index is 12.5. The van der Waals surface area contributed by atoms with Crippen molar-refractivity contribution in [2.75, 3.05) is 0 Å². The lowest BCUT2D eigenvalue weighted by molar-refractivity contribution is -0.137. The number of alkyl halides is 3. The molecule has 0 saturated carbocycles. The lowest BCUT2D eigenvalue weighted by Crippen LogP contribution is -2.04. The van der Waals surface area contributed by atoms with Crippen LogP contribution in [0.1, 0.15) is 21.6 Å². The molecule has 2 aromatic rings. The number of nitrogens with zero attached hydrogens (tertiary/aromatic N) is 1. The summed E-state index contributed by atoms with van der Waals surface area (Å²) in [6.45, 7) is 0. The van der Waals surface area contributed by atoms with E-state index in [4.69, 9.17) is 0 Å². The molecule has 0 amide bonds. The number of carbonyl (C=O) groups is 1. The topological polar surface area (TPSA) is 22.0 Å². The second-order valence-corrected chi connectivity index (χ2v) is 4.33. The van der Waals surface area contributed by atoms with Gasteiger partial charge in [-0.2, -0.15) is 13.2 Å². The minimum absolute atomic E-state index is 0.255. The van der Waals surface area contributed by atoms with Crippen molar-refractivity contribution >= 4 is 11.9 Å². The van der Waals surface area contributed by atoms with Crippen LogP contribution in [0, 0.1) is 0 Å². The number of halogens is 3. The molecule has 0 N–H and O–H groups in total. The van der Waals surface area contributed by atoms with Crippen molar-refractivity contribution in [3.63, 3.8) is 0 Å². The molecule has 1 aromatic heterocycles. The SMILES string of the molecule is Cn1cccc1C(=O)/C=C/c1cccc(C(F)(F)F)c1. The van der Waals surface area contributed by atoms with Gasteiger partial charge in [-0.1, -0.05) is 18.2 Å². The molecule has 104 valence electrons. The fraction of sp³-hybridized carbons (Fsp3) is 0.133. The molecule has 0 atom stereocenters. The average molecular weight is 279 g/mol. The number of hydrogen-bond donors (Lipinski definition) is 0. The Morgan fingerprint density at radius 1 is 1.20 bits per heavy atom. The van der Waals surface area contributed by atoms with E-state index < -0.39 is 11.7 Å². The summed E-state index contributed by atoms with van der Waals surface area (Å²) < 4.78 is 39.3. The summed E-state index contributed by atoms with van der Waals surface area (Å²) in [5.74, 6) is -0.255. The number of carbonyl (C=O) groups excluding carboxylic acids is 1. The standard InChI is InChI=1S/C15H12F3NO/c1-19-9-3-6-13(19)14(20)8-7-11-4-2-5-12(10-11)15(16,17)18/h2-10H,1H3/b8-7+. The summed E-state index contributed by atoms with van der Waals surface area (Å²) in [6.07, 6.45) is -0.00722. The molecule has 0 aliphatic rings. The average Bonchev–Trinajstić information content (AvgIpc) is 2.82. The zero-order chi connectivity index (χ0) is 14.8. The first-order valence-electron chi connectivity index (χ1n) is 5.89. The summed E-state index contributed by atoms with van der Waals surface area (Å²) in [5, 5.41) is 0. The van der Waals surface area contributed by atoms with E-state index in [1.54, 1.807) is 29.9 Å². The number of allylic oxidation sites excluding steroid dienone is 1. The molecule has 0 fully saturated rings. The van der Waals surface area contributed by atoms with Crippen molar-refractivity contribution in [2.24, 2.45) is 7.05 Å². The van der Waals surface area contributed by atoms with Gasteiger partial charge in [0.2, 0.25) is 5.78 Å². The van der Waals surface area contributed by atoms with Crippen LogP contribution in [0.15, 0.2) is 48.7 Å². The Labute approximate surface area is 114 Å². The molecule has 0 aliphatic heterocycles. The number of benzene rings is 1. The van der Waals surface area contributed by atoms with Gasteiger partial charge in [0.1, 0.15) is 0 Å². The summed E-state index contributed by atoms with van der Waals surface area (Å²) in [6, 6.07) is 8.22. The van der Waals surface area contributed by atoms with Crippen LogP contribution in [-0.4, -0.2) is 10.4 Å². The van der Waals surface area contributed by atoms with E-state index >= 15 is 0 Å². The highest BCUT2D eigenvalue weighted by Gasteiger charge is 2.30. The highest BCUT2D eigenvalue weighted by atomic mass is 19.4. The van der Waals surface area contributed by atoms with Gasteiger partial charge >= 0.3 is 6.18 Å². The molecular weight excluding hydrogens is 267 g/mol. The second-order valence-electron chi connectivity index (χ2n) is 4.33. The van der Waals surface area contributed by atoms with Crippen molar-refractivity contribution in [1.29, 1.82) is 0 Å². The third-order valence-electron chi connectivity index (χ3n) is 2.84. The molecule has 0 unspecified atom stereocenters. The van der Waals surface area contributed by atoms with E-state index in [9.17, 15) is 18.0 Å². The number of aryl methyl sites for hydroxylation is 1. The van der Waals surface area contributed by atoms with Crippen LogP contribution in [-0.2, 0) is 13.2 Å². The van der Waals surface area contributed by atoms with Gasteiger partial charge in [-0.3, -0.25) is 4.79 Å². The van der Waals surface area contributed by atoms with Crippen molar-refractivity contribution in [3.05, 3.63) is 65.5 Å². The predicted octanol–water partition coefficient (Wildman–Crippen LogP) is 3.94. The van der Waals surface area contributed by atoms with E-state index in [0.29, 0.717) is 11.3 Å². The first-order chi connectivity index (χ1) is 9.38. The van der Waals surface area contributed by atoms with Crippen LogP contribution in [0.5, 0.6) is 0 Å². The van der Waals surface area contributed by atoms with Crippen molar-refractivity contribution < 1.29 is 18.0 Å². The minimum atomic E-state index is -4.38. The second kappa shape index (κ2) is 5.36. The lowest BCUT2D eigenvalue weighted by atomic mass is 10.1. The lowest BCUT2D eigenvalue weighted by Gasteiger charge is -2.06. The Morgan fingerprint density at radius 3 is 2.55 bits per heavy atom. The van der Waals surface area contributed by atoms with Crippen molar-refractivity contribution in [1.82, 2.24) is 4.57 Å². The molecule has 0 radical (unpaired) electrons.